The molecule has 2 heterocycles. The maximum absolute atomic E-state index is 13.2. The SMILES string of the molecule is Cc1ccc(Cn2c(=O)n(CCC(=O)NCc3ccco3)c(=O)c3ccccc32)cc1. The Labute approximate surface area is 178 Å². The van der Waals surface area contributed by atoms with Crippen molar-refractivity contribution in [2.75, 3.05) is 0 Å². The van der Waals surface area contributed by atoms with E-state index in [2.05, 4.69) is 5.32 Å². The standard InChI is InChI=1S/C24H23N3O4/c1-17-8-10-18(11-9-17)16-27-21-7-3-2-6-20(21)23(29)26(24(27)30)13-12-22(28)25-15-19-5-4-14-31-19/h2-11,14H,12-13,15-16H2,1H3,(H,25,28). The van der Waals surface area contributed by atoms with Gasteiger partial charge >= 0.3 is 5.69 Å². The second-order valence-corrected chi connectivity index (χ2v) is 7.43. The van der Waals surface area contributed by atoms with Crippen LogP contribution in [0.15, 0.2) is 80.9 Å². The van der Waals surface area contributed by atoms with E-state index in [0.717, 1.165) is 15.7 Å². The van der Waals surface area contributed by atoms with Crippen LogP contribution < -0.4 is 16.6 Å². The Balaban J connectivity index is 1.62. The zero-order valence-corrected chi connectivity index (χ0v) is 17.2. The lowest BCUT2D eigenvalue weighted by atomic mass is 10.1. The first-order chi connectivity index (χ1) is 15.0. The summed E-state index contributed by atoms with van der Waals surface area (Å²) in [4.78, 5) is 38.4. The topological polar surface area (TPSA) is 86.2 Å². The van der Waals surface area contributed by atoms with E-state index in [4.69, 9.17) is 4.42 Å². The number of hydrogen-bond donors (Lipinski definition) is 1. The summed E-state index contributed by atoms with van der Waals surface area (Å²) < 4.78 is 7.92. The highest BCUT2D eigenvalue weighted by molar-refractivity contribution is 5.78. The summed E-state index contributed by atoms with van der Waals surface area (Å²) in [6.07, 6.45) is 1.55. The summed E-state index contributed by atoms with van der Waals surface area (Å²) >= 11 is 0. The Morgan fingerprint density at radius 1 is 0.968 bits per heavy atom. The highest BCUT2D eigenvalue weighted by atomic mass is 16.3. The van der Waals surface area contributed by atoms with E-state index in [9.17, 15) is 14.4 Å². The van der Waals surface area contributed by atoms with Crippen LogP contribution in [-0.4, -0.2) is 15.0 Å². The fourth-order valence-electron chi connectivity index (χ4n) is 3.50. The lowest BCUT2D eigenvalue weighted by molar-refractivity contribution is -0.121. The van der Waals surface area contributed by atoms with Gasteiger partial charge in [-0.2, -0.15) is 0 Å². The Kier molecular flexibility index (Phi) is 5.84. The van der Waals surface area contributed by atoms with Crippen LogP contribution in [0.25, 0.3) is 10.9 Å². The minimum Gasteiger partial charge on any atom is -0.467 e. The van der Waals surface area contributed by atoms with Gasteiger partial charge in [-0.1, -0.05) is 42.0 Å². The van der Waals surface area contributed by atoms with E-state index in [1.165, 1.54) is 6.26 Å². The van der Waals surface area contributed by atoms with Crippen LogP contribution in [0.5, 0.6) is 0 Å². The van der Waals surface area contributed by atoms with Gasteiger partial charge in [0.1, 0.15) is 5.76 Å². The number of aromatic nitrogens is 2. The molecule has 2 aromatic carbocycles. The summed E-state index contributed by atoms with van der Waals surface area (Å²) in [6, 6.07) is 18.5. The molecule has 2 aromatic heterocycles. The largest absolute Gasteiger partial charge is 0.467 e. The zero-order chi connectivity index (χ0) is 21.8. The summed E-state index contributed by atoms with van der Waals surface area (Å²) in [5.41, 5.74) is 1.85. The van der Waals surface area contributed by atoms with Crippen LogP contribution in [-0.2, 0) is 24.4 Å². The van der Waals surface area contributed by atoms with Crippen LogP contribution in [0.3, 0.4) is 0 Å². The van der Waals surface area contributed by atoms with Gasteiger partial charge in [-0.3, -0.25) is 18.7 Å². The normalized spacial score (nSPS) is 11.0. The molecule has 0 radical (unpaired) electrons. The van der Waals surface area contributed by atoms with Crippen molar-refractivity contribution in [3.05, 3.63) is 105 Å². The van der Waals surface area contributed by atoms with Crippen LogP contribution in [0, 0.1) is 6.92 Å². The molecule has 0 fully saturated rings. The Morgan fingerprint density at radius 2 is 1.74 bits per heavy atom. The Morgan fingerprint density at radius 3 is 2.48 bits per heavy atom. The lowest BCUT2D eigenvalue weighted by Crippen LogP contribution is -2.41. The first kappa shape index (κ1) is 20.4. The number of para-hydroxylation sites is 1. The maximum atomic E-state index is 13.2. The highest BCUT2D eigenvalue weighted by Gasteiger charge is 2.14. The second kappa shape index (κ2) is 8.87. The molecular formula is C24H23N3O4. The van der Waals surface area contributed by atoms with Crippen molar-refractivity contribution in [3.8, 4) is 0 Å². The molecule has 1 N–H and O–H groups in total. The molecule has 4 rings (SSSR count). The number of aryl methyl sites for hydroxylation is 1. The van der Waals surface area contributed by atoms with Gasteiger partial charge in [-0.25, -0.2) is 4.79 Å². The summed E-state index contributed by atoms with van der Waals surface area (Å²) in [5, 5.41) is 3.18. The number of benzene rings is 2. The molecule has 31 heavy (non-hydrogen) atoms. The van der Waals surface area contributed by atoms with Gasteiger partial charge in [0.2, 0.25) is 5.91 Å². The Bertz CT molecular complexity index is 1320. The fourth-order valence-corrected chi connectivity index (χ4v) is 3.50. The predicted molar refractivity (Wildman–Crippen MR) is 118 cm³/mol. The maximum Gasteiger partial charge on any atom is 0.331 e. The van der Waals surface area contributed by atoms with Crippen molar-refractivity contribution in [1.29, 1.82) is 0 Å². The number of furan rings is 1. The number of rotatable bonds is 7. The van der Waals surface area contributed by atoms with Crippen LogP contribution in [0.1, 0.15) is 23.3 Å². The fraction of sp³-hybridized carbons (Fsp3) is 0.208. The third-order valence-corrected chi connectivity index (χ3v) is 5.20. The first-order valence-corrected chi connectivity index (χ1v) is 10.1. The van der Waals surface area contributed by atoms with Crippen LogP contribution in [0.4, 0.5) is 0 Å². The number of amides is 1. The predicted octanol–water partition coefficient (Wildman–Crippen LogP) is 2.82. The number of hydrogen-bond acceptors (Lipinski definition) is 4. The van der Waals surface area contributed by atoms with E-state index >= 15 is 0 Å². The van der Waals surface area contributed by atoms with Crippen molar-refractivity contribution in [2.45, 2.75) is 33.0 Å². The zero-order valence-electron chi connectivity index (χ0n) is 17.2. The molecule has 0 bridgehead atoms. The molecule has 0 spiro atoms. The van der Waals surface area contributed by atoms with Gasteiger partial charge < -0.3 is 9.73 Å². The molecule has 4 aromatic rings. The van der Waals surface area contributed by atoms with Crippen molar-refractivity contribution >= 4 is 16.8 Å². The second-order valence-electron chi connectivity index (χ2n) is 7.43. The molecule has 0 aliphatic carbocycles. The quantitative estimate of drug-likeness (QED) is 0.501. The molecule has 1 amide bonds. The van der Waals surface area contributed by atoms with E-state index in [1.807, 2.05) is 31.2 Å². The number of carbonyl (C=O) groups excluding carboxylic acids is 1. The minimum atomic E-state index is -0.428. The molecule has 0 aliphatic heterocycles. The molecule has 0 unspecified atom stereocenters. The van der Waals surface area contributed by atoms with Gasteiger partial charge in [-0.15, -0.1) is 0 Å². The van der Waals surface area contributed by atoms with Crippen LogP contribution in [0.2, 0.25) is 0 Å². The summed E-state index contributed by atoms with van der Waals surface area (Å²) in [5.74, 6) is 0.373. The number of fused-ring (bicyclic) bond motifs is 1. The molecule has 7 heteroatoms. The van der Waals surface area contributed by atoms with Crippen molar-refractivity contribution < 1.29 is 9.21 Å². The number of carbonyl (C=O) groups is 1. The monoisotopic (exact) mass is 417 g/mol. The molecule has 0 saturated carbocycles. The summed E-state index contributed by atoms with van der Waals surface area (Å²) in [6.45, 7) is 2.60. The molecule has 0 atom stereocenters. The van der Waals surface area contributed by atoms with Gasteiger partial charge in [0, 0.05) is 13.0 Å². The van der Waals surface area contributed by atoms with Gasteiger partial charge in [0.25, 0.3) is 5.56 Å². The van der Waals surface area contributed by atoms with Gasteiger partial charge in [-0.05, 0) is 36.8 Å². The molecule has 7 nitrogen and oxygen atoms in total. The third kappa shape index (κ3) is 4.50. The molecular weight excluding hydrogens is 394 g/mol. The van der Waals surface area contributed by atoms with Crippen molar-refractivity contribution in [2.24, 2.45) is 0 Å². The first-order valence-electron chi connectivity index (χ1n) is 10.1. The van der Waals surface area contributed by atoms with Crippen LogP contribution >= 0.6 is 0 Å². The lowest BCUT2D eigenvalue weighted by Gasteiger charge is -2.14. The van der Waals surface area contributed by atoms with E-state index < -0.39 is 5.69 Å². The van der Waals surface area contributed by atoms with Crippen molar-refractivity contribution in [3.63, 3.8) is 0 Å². The molecule has 158 valence electrons. The third-order valence-electron chi connectivity index (χ3n) is 5.20. The highest BCUT2D eigenvalue weighted by Crippen LogP contribution is 2.11. The van der Waals surface area contributed by atoms with E-state index in [1.54, 1.807) is 41.0 Å². The molecule has 0 aliphatic rings. The van der Waals surface area contributed by atoms with Gasteiger partial charge in [0.15, 0.2) is 0 Å². The summed E-state index contributed by atoms with van der Waals surface area (Å²) in [7, 11) is 0. The smallest absolute Gasteiger partial charge is 0.331 e. The van der Waals surface area contributed by atoms with E-state index in [-0.39, 0.29) is 31.0 Å². The number of nitrogens with one attached hydrogen (secondary N) is 1. The van der Waals surface area contributed by atoms with Gasteiger partial charge in [0.05, 0.1) is 30.3 Å². The average Bonchev–Trinajstić information content (AvgIpc) is 3.30. The minimum absolute atomic E-state index is 0.000384. The van der Waals surface area contributed by atoms with E-state index in [0.29, 0.717) is 23.2 Å². The number of nitrogens with zero attached hydrogens (tertiary/aromatic N) is 2. The Hall–Kier alpha value is -3.87. The molecule has 0 saturated heterocycles. The van der Waals surface area contributed by atoms with Crippen molar-refractivity contribution in [1.82, 2.24) is 14.5 Å². The average molecular weight is 417 g/mol.